The van der Waals surface area contributed by atoms with Gasteiger partial charge in [0.2, 0.25) is 0 Å². The summed E-state index contributed by atoms with van der Waals surface area (Å²) in [5, 5.41) is 26.4. The van der Waals surface area contributed by atoms with E-state index < -0.39 is 7.12 Å². The molecule has 0 saturated heterocycles. The number of aliphatic hydroxyl groups is 1. The Labute approximate surface area is 75.6 Å². The maximum absolute atomic E-state index is 10.4. The number of benzene rings is 1. The molecule has 4 nitrogen and oxygen atoms in total. The Hall–Kier alpha value is -1.17. The second kappa shape index (κ2) is 4.18. The molecule has 1 rings (SSSR count). The van der Waals surface area contributed by atoms with Crippen molar-refractivity contribution in [2.75, 3.05) is 0 Å². The van der Waals surface area contributed by atoms with Gasteiger partial charge in [0.25, 0.3) is 0 Å². The standard InChI is InChI=1S/C8H9BO4/c10-4-6-1-7(5-11)3-8(2-6)9(12)13/h1-4,11-13H,5H2. The molecule has 5 heteroatoms. The first-order chi connectivity index (χ1) is 6.17. The molecule has 3 N–H and O–H groups in total. The van der Waals surface area contributed by atoms with Crippen LogP contribution in [-0.2, 0) is 6.61 Å². The van der Waals surface area contributed by atoms with Gasteiger partial charge in [0.1, 0.15) is 6.29 Å². The molecule has 0 bridgehead atoms. The third-order valence-corrected chi connectivity index (χ3v) is 1.65. The van der Waals surface area contributed by atoms with Gasteiger partial charge in [-0.1, -0.05) is 12.1 Å². The normalized spacial score (nSPS) is 9.77. The molecule has 0 radical (unpaired) electrons. The summed E-state index contributed by atoms with van der Waals surface area (Å²) in [6.45, 7) is -0.235. The van der Waals surface area contributed by atoms with E-state index in [-0.39, 0.29) is 12.1 Å². The molecule has 0 aliphatic carbocycles. The van der Waals surface area contributed by atoms with Crippen molar-refractivity contribution in [1.82, 2.24) is 0 Å². The summed E-state index contributed by atoms with van der Waals surface area (Å²) >= 11 is 0. The maximum Gasteiger partial charge on any atom is 0.488 e. The van der Waals surface area contributed by atoms with Crippen LogP contribution in [0.3, 0.4) is 0 Å². The molecule has 0 aliphatic heterocycles. The predicted molar refractivity (Wildman–Crippen MR) is 47.6 cm³/mol. The van der Waals surface area contributed by atoms with Crippen LogP contribution in [0.4, 0.5) is 0 Å². The van der Waals surface area contributed by atoms with E-state index >= 15 is 0 Å². The van der Waals surface area contributed by atoms with Gasteiger partial charge < -0.3 is 15.2 Å². The molecule has 13 heavy (non-hydrogen) atoms. The minimum absolute atomic E-state index is 0.202. The molecule has 1 aromatic carbocycles. The van der Waals surface area contributed by atoms with Gasteiger partial charge in [-0.15, -0.1) is 0 Å². The van der Waals surface area contributed by atoms with Crippen molar-refractivity contribution >= 4 is 18.9 Å². The smallest absolute Gasteiger partial charge is 0.423 e. The lowest BCUT2D eigenvalue weighted by Gasteiger charge is -2.03. The minimum Gasteiger partial charge on any atom is -0.423 e. The van der Waals surface area contributed by atoms with E-state index in [1.807, 2.05) is 0 Å². The van der Waals surface area contributed by atoms with Gasteiger partial charge >= 0.3 is 7.12 Å². The van der Waals surface area contributed by atoms with Crippen LogP contribution in [0.15, 0.2) is 18.2 Å². The topological polar surface area (TPSA) is 77.8 Å². The highest BCUT2D eigenvalue weighted by Crippen LogP contribution is 2.01. The van der Waals surface area contributed by atoms with Crippen LogP contribution < -0.4 is 5.46 Å². The van der Waals surface area contributed by atoms with Crippen LogP contribution in [-0.4, -0.2) is 28.6 Å². The van der Waals surface area contributed by atoms with E-state index in [0.29, 0.717) is 17.4 Å². The SMILES string of the molecule is O=Cc1cc(CO)cc(B(O)O)c1. The van der Waals surface area contributed by atoms with Gasteiger partial charge in [0.05, 0.1) is 6.61 Å². The number of hydrogen-bond donors (Lipinski definition) is 3. The second-order valence-electron chi connectivity index (χ2n) is 2.66. The van der Waals surface area contributed by atoms with Crippen LogP contribution in [0.5, 0.6) is 0 Å². The summed E-state index contributed by atoms with van der Waals surface area (Å²) in [5.41, 5.74) is 0.996. The molecule has 0 atom stereocenters. The number of carbonyl (C=O) groups is 1. The highest BCUT2D eigenvalue weighted by atomic mass is 16.4. The van der Waals surface area contributed by atoms with E-state index in [0.717, 1.165) is 0 Å². The molecule has 68 valence electrons. The third-order valence-electron chi connectivity index (χ3n) is 1.65. The summed E-state index contributed by atoms with van der Waals surface area (Å²) < 4.78 is 0. The molecular weight excluding hydrogens is 171 g/mol. The van der Waals surface area contributed by atoms with E-state index in [1.54, 1.807) is 0 Å². The molecule has 0 spiro atoms. The van der Waals surface area contributed by atoms with Crippen LogP contribution in [0, 0.1) is 0 Å². The van der Waals surface area contributed by atoms with Crippen LogP contribution >= 0.6 is 0 Å². The maximum atomic E-state index is 10.4. The molecule has 0 unspecified atom stereocenters. The average Bonchev–Trinajstić information content (AvgIpc) is 2.16. The van der Waals surface area contributed by atoms with Crippen molar-refractivity contribution in [3.63, 3.8) is 0 Å². The molecular formula is C8H9BO4. The van der Waals surface area contributed by atoms with Gasteiger partial charge in [-0.25, -0.2) is 0 Å². The van der Waals surface area contributed by atoms with E-state index in [4.69, 9.17) is 15.2 Å². The number of hydrogen-bond acceptors (Lipinski definition) is 4. The van der Waals surface area contributed by atoms with Crippen LogP contribution in [0.1, 0.15) is 15.9 Å². The highest BCUT2D eigenvalue weighted by molar-refractivity contribution is 6.58. The Kier molecular flexibility index (Phi) is 3.19. The zero-order valence-corrected chi connectivity index (χ0v) is 6.84. The first kappa shape index (κ1) is 9.92. The van der Waals surface area contributed by atoms with Crippen molar-refractivity contribution in [2.24, 2.45) is 0 Å². The Morgan fingerprint density at radius 2 is 2.00 bits per heavy atom. The van der Waals surface area contributed by atoms with Gasteiger partial charge in [0, 0.05) is 5.56 Å². The lowest BCUT2D eigenvalue weighted by atomic mass is 9.79. The Morgan fingerprint density at radius 3 is 2.46 bits per heavy atom. The van der Waals surface area contributed by atoms with Crippen molar-refractivity contribution in [3.8, 4) is 0 Å². The van der Waals surface area contributed by atoms with E-state index in [1.165, 1.54) is 18.2 Å². The summed E-state index contributed by atoms with van der Waals surface area (Å²) in [5.74, 6) is 0. The summed E-state index contributed by atoms with van der Waals surface area (Å²) in [7, 11) is -1.62. The number of rotatable bonds is 3. The van der Waals surface area contributed by atoms with Gasteiger partial charge in [-0.3, -0.25) is 4.79 Å². The fraction of sp³-hybridized carbons (Fsp3) is 0.125. The summed E-state index contributed by atoms with van der Waals surface area (Å²) in [6, 6.07) is 4.27. The van der Waals surface area contributed by atoms with Gasteiger partial charge in [0.15, 0.2) is 0 Å². The first-order valence-corrected chi connectivity index (χ1v) is 3.73. The van der Waals surface area contributed by atoms with E-state index in [9.17, 15) is 4.79 Å². The quantitative estimate of drug-likeness (QED) is 0.397. The number of carbonyl (C=O) groups excluding carboxylic acids is 1. The van der Waals surface area contributed by atoms with Crippen LogP contribution in [0.2, 0.25) is 0 Å². The van der Waals surface area contributed by atoms with Crippen molar-refractivity contribution in [1.29, 1.82) is 0 Å². The highest BCUT2D eigenvalue weighted by Gasteiger charge is 2.12. The van der Waals surface area contributed by atoms with Crippen molar-refractivity contribution in [2.45, 2.75) is 6.61 Å². The first-order valence-electron chi connectivity index (χ1n) is 3.73. The molecule has 1 aromatic rings. The largest absolute Gasteiger partial charge is 0.488 e. The molecule has 0 saturated carbocycles. The molecule has 0 amide bonds. The molecule has 0 heterocycles. The fourth-order valence-corrected chi connectivity index (χ4v) is 1.05. The van der Waals surface area contributed by atoms with Crippen molar-refractivity contribution in [3.05, 3.63) is 29.3 Å². The third kappa shape index (κ3) is 2.38. The Bertz CT molecular complexity index is 311. The van der Waals surface area contributed by atoms with E-state index in [2.05, 4.69) is 0 Å². The summed E-state index contributed by atoms with van der Waals surface area (Å²) in [6.07, 6.45) is 0.588. The molecule has 0 fully saturated rings. The lowest BCUT2D eigenvalue weighted by Crippen LogP contribution is -2.30. The minimum atomic E-state index is -1.62. The van der Waals surface area contributed by atoms with Gasteiger partial charge in [-0.2, -0.15) is 0 Å². The predicted octanol–water partition coefficient (Wildman–Crippen LogP) is -1.33. The monoisotopic (exact) mass is 180 g/mol. The molecule has 0 aliphatic rings. The summed E-state index contributed by atoms with van der Waals surface area (Å²) in [4.78, 5) is 10.4. The zero-order valence-electron chi connectivity index (χ0n) is 6.84. The zero-order chi connectivity index (χ0) is 9.84. The molecule has 0 aromatic heterocycles. The van der Waals surface area contributed by atoms with Crippen molar-refractivity contribution < 1.29 is 19.9 Å². The Balaban J connectivity index is 3.14. The average molecular weight is 180 g/mol. The number of aliphatic hydroxyl groups excluding tert-OH is 1. The lowest BCUT2D eigenvalue weighted by molar-refractivity contribution is 0.112. The Morgan fingerprint density at radius 1 is 1.31 bits per heavy atom. The van der Waals surface area contributed by atoms with Crippen LogP contribution in [0.25, 0.3) is 0 Å². The fourth-order valence-electron chi connectivity index (χ4n) is 1.05. The number of aldehydes is 1. The van der Waals surface area contributed by atoms with Gasteiger partial charge in [-0.05, 0) is 17.1 Å². The second-order valence-corrected chi connectivity index (χ2v) is 2.66.